The first-order valence-electron chi connectivity index (χ1n) is 18.3. The lowest BCUT2D eigenvalue weighted by atomic mass is 9.94. The molecule has 240 valence electrons. The van der Waals surface area contributed by atoms with E-state index in [9.17, 15) is 4.79 Å². The molecule has 0 radical (unpaired) electrons. The van der Waals surface area contributed by atoms with Gasteiger partial charge in [-0.15, -0.1) is 0 Å². The topological polar surface area (TPSA) is 55.6 Å². The van der Waals surface area contributed by atoms with Crippen LogP contribution in [0.15, 0.2) is 0 Å². The van der Waals surface area contributed by atoms with Crippen LogP contribution in [0.2, 0.25) is 0 Å². The fraction of sp³-hybridized carbons (Fsp3) is 0.972. The Kier molecular flexibility index (Phi) is 32.4. The Balaban J connectivity index is 4.09. The molecule has 0 spiro atoms. The maximum absolute atomic E-state index is 12.9. The molecule has 0 aliphatic heterocycles. The van der Waals surface area contributed by atoms with E-state index in [1.54, 1.807) is 0 Å². The van der Waals surface area contributed by atoms with Gasteiger partial charge in [-0.1, -0.05) is 149 Å². The monoisotopic (exact) mass is 567 g/mol. The van der Waals surface area contributed by atoms with Gasteiger partial charge in [-0.3, -0.25) is 4.79 Å². The zero-order valence-electron chi connectivity index (χ0n) is 27.8. The smallest absolute Gasteiger partial charge is 0.308 e. The minimum absolute atomic E-state index is 0.0901. The second kappa shape index (κ2) is 32.9. The van der Waals surface area contributed by atoms with Crippen LogP contribution in [0.4, 0.5) is 0 Å². The Morgan fingerprint density at radius 2 is 0.900 bits per heavy atom. The van der Waals surface area contributed by atoms with Crippen molar-refractivity contribution >= 4 is 5.97 Å². The van der Waals surface area contributed by atoms with E-state index in [4.69, 9.17) is 10.5 Å². The van der Waals surface area contributed by atoms with Gasteiger partial charge in [0.05, 0.1) is 12.5 Å². The zero-order valence-corrected chi connectivity index (χ0v) is 27.8. The molecule has 0 aromatic carbocycles. The van der Waals surface area contributed by atoms with E-state index in [0.29, 0.717) is 6.61 Å². The van der Waals surface area contributed by atoms with Crippen molar-refractivity contribution in [1.82, 2.24) is 4.90 Å². The number of nitrogens with zero attached hydrogens (tertiary/aromatic N) is 1. The highest BCUT2D eigenvalue weighted by Crippen LogP contribution is 2.21. The highest BCUT2D eigenvalue weighted by atomic mass is 16.5. The van der Waals surface area contributed by atoms with Crippen LogP contribution in [0, 0.1) is 5.92 Å². The van der Waals surface area contributed by atoms with Gasteiger partial charge in [-0.05, 0) is 64.7 Å². The fourth-order valence-electron chi connectivity index (χ4n) is 5.75. The molecule has 0 fully saturated rings. The predicted molar refractivity (Wildman–Crippen MR) is 177 cm³/mol. The molecule has 2 N–H and O–H groups in total. The SMILES string of the molecule is CCCCCCCCC(CCCCCCCC)C(=O)OCCCCCCCN(CCCN)CCCCCCCC. The summed E-state index contributed by atoms with van der Waals surface area (Å²) in [6, 6.07) is 0. The van der Waals surface area contributed by atoms with E-state index in [1.807, 2.05) is 0 Å². The van der Waals surface area contributed by atoms with E-state index in [0.717, 1.165) is 38.8 Å². The van der Waals surface area contributed by atoms with Crippen molar-refractivity contribution in [3.05, 3.63) is 0 Å². The Morgan fingerprint density at radius 1 is 0.525 bits per heavy atom. The number of ether oxygens (including phenoxy) is 1. The number of carbonyl (C=O) groups excluding carboxylic acids is 1. The summed E-state index contributed by atoms with van der Waals surface area (Å²) in [5, 5.41) is 0. The molecule has 0 bridgehead atoms. The molecule has 0 amide bonds. The van der Waals surface area contributed by atoms with Crippen molar-refractivity contribution in [1.29, 1.82) is 0 Å². The van der Waals surface area contributed by atoms with Gasteiger partial charge in [0.1, 0.15) is 0 Å². The van der Waals surface area contributed by atoms with Crippen molar-refractivity contribution in [3.63, 3.8) is 0 Å². The van der Waals surface area contributed by atoms with Gasteiger partial charge in [0.25, 0.3) is 0 Å². The van der Waals surface area contributed by atoms with Gasteiger partial charge < -0.3 is 15.4 Å². The Morgan fingerprint density at radius 3 is 1.35 bits per heavy atom. The second-order valence-corrected chi connectivity index (χ2v) is 12.5. The molecule has 40 heavy (non-hydrogen) atoms. The predicted octanol–water partition coefficient (Wildman–Crippen LogP) is 10.6. The van der Waals surface area contributed by atoms with Crippen LogP contribution >= 0.6 is 0 Å². The van der Waals surface area contributed by atoms with Crippen molar-refractivity contribution in [2.24, 2.45) is 11.7 Å². The second-order valence-electron chi connectivity index (χ2n) is 12.5. The molecule has 0 unspecified atom stereocenters. The molecule has 4 heteroatoms. The first-order valence-corrected chi connectivity index (χ1v) is 18.3. The highest BCUT2D eigenvalue weighted by molar-refractivity contribution is 5.72. The van der Waals surface area contributed by atoms with Crippen LogP contribution in [-0.4, -0.2) is 43.7 Å². The molecule has 0 aromatic heterocycles. The molecule has 0 aromatic rings. The summed E-state index contributed by atoms with van der Waals surface area (Å²) in [7, 11) is 0. The van der Waals surface area contributed by atoms with E-state index in [-0.39, 0.29) is 11.9 Å². The van der Waals surface area contributed by atoms with Gasteiger partial charge in [-0.2, -0.15) is 0 Å². The Bertz CT molecular complexity index is 483. The number of esters is 1. The van der Waals surface area contributed by atoms with Crippen molar-refractivity contribution in [2.75, 3.05) is 32.8 Å². The maximum Gasteiger partial charge on any atom is 0.308 e. The quantitative estimate of drug-likeness (QED) is 0.0634. The molecule has 0 heterocycles. The molecule has 0 aliphatic rings. The summed E-state index contributed by atoms with van der Waals surface area (Å²) in [6.45, 7) is 11.8. The molecule has 0 saturated heterocycles. The lowest BCUT2D eigenvalue weighted by molar-refractivity contribution is -0.149. The number of nitrogens with two attached hydrogens (primary N) is 1. The summed E-state index contributed by atoms with van der Waals surface area (Å²) in [5.74, 6) is 0.218. The number of rotatable bonds is 33. The first kappa shape index (κ1) is 39.4. The van der Waals surface area contributed by atoms with Gasteiger partial charge in [0, 0.05) is 0 Å². The third kappa shape index (κ3) is 27.6. The number of hydrogen-bond acceptors (Lipinski definition) is 4. The number of hydrogen-bond donors (Lipinski definition) is 1. The van der Waals surface area contributed by atoms with Gasteiger partial charge in [0.2, 0.25) is 0 Å². The molecule has 0 atom stereocenters. The molecule has 0 rings (SSSR count). The zero-order chi connectivity index (χ0) is 29.4. The minimum atomic E-state index is 0.0901. The van der Waals surface area contributed by atoms with E-state index < -0.39 is 0 Å². The van der Waals surface area contributed by atoms with E-state index in [1.165, 1.54) is 154 Å². The van der Waals surface area contributed by atoms with Gasteiger partial charge in [0.15, 0.2) is 0 Å². The molecule has 0 aliphatic carbocycles. The van der Waals surface area contributed by atoms with Crippen LogP contribution in [0.1, 0.15) is 188 Å². The largest absolute Gasteiger partial charge is 0.465 e. The van der Waals surface area contributed by atoms with Gasteiger partial charge >= 0.3 is 5.97 Å². The third-order valence-corrected chi connectivity index (χ3v) is 8.51. The Labute approximate surface area is 252 Å². The average molecular weight is 567 g/mol. The summed E-state index contributed by atoms with van der Waals surface area (Å²) in [5.41, 5.74) is 5.78. The lowest BCUT2D eigenvalue weighted by Crippen LogP contribution is -2.28. The summed E-state index contributed by atoms with van der Waals surface area (Å²) >= 11 is 0. The lowest BCUT2D eigenvalue weighted by Gasteiger charge is -2.22. The summed E-state index contributed by atoms with van der Waals surface area (Å²) in [6.07, 6.45) is 32.8. The van der Waals surface area contributed by atoms with Gasteiger partial charge in [-0.25, -0.2) is 0 Å². The molecular formula is C36H74N2O2. The van der Waals surface area contributed by atoms with Crippen LogP contribution in [0.3, 0.4) is 0 Å². The van der Waals surface area contributed by atoms with E-state index in [2.05, 4.69) is 25.7 Å². The standard InChI is InChI=1S/C36H74N2O2/c1-4-7-10-13-17-22-28-35(29-23-18-14-11-8-5-2)36(39)40-34-26-21-16-20-25-32-38(33-27-30-37)31-24-19-15-12-9-6-3/h35H,4-34,37H2,1-3H3. The van der Waals surface area contributed by atoms with Crippen LogP contribution in [0.5, 0.6) is 0 Å². The average Bonchev–Trinajstić information content (AvgIpc) is 2.96. The summed E-state index contributed by atoms with van der Waals surface area (Å²) in [4.78, 5) is 15.5. The van der Waals surface area contributed by atoms with Crippen molar-refractivity contribution < 1.29 is 9.53 Å². The first-order chi connectivity index (χ1) is 19.7. The number of carbonyl (C=O) groups is 1. The van der Waals surface area contributed by atoms with Crippen LogP contribution < -0.4 is 5.73 Å². The van der Waals surface area contributed by atoms with E-state index >= 15 is 0 Å². The highest BCUT2D eigenvalue weighted by Gasteiger charge is 2.19. The number of unbranched alkanes of at least 4 members (excludes halogenated alkanes) is 19. The minimum Gasteiger partial charge on any atom is -0.465 e. The van der Waals surface area contributed by atoms with Crippen molar-refractivity contribution in [2.45, 2.75) is 188 Å². The van der Waals surface area contributed by atoms with Crippen LogP contribution in [0.25, 0.3) is 0 Å². The van der Waals surface area contributed by atoms with Crippen molar-refractivity contribution in [3.8, 4) is 0 Å². The third-order valence-electron chi connectivity index (χ3n) is 8.51. The maximum atomic E-state index is 12.9. The molecule has 4 nitrogen and oxygen atoms in total. The fourth-order valence-corrected chi connectivity index (χ4v) is 5.75. The normalized spacial score (nSPS) is 11.7. The summed E-state index contributed by atoms with van der Waals surface area (Å²) < 4.78 is 5.80. The Hall–Kier alpha value is -0.610. The molecular weight excluding hydrogens is 492 g/mol. The van der Waals surface area contributed by atoms with Crippen LogP contribution in [-0.2, 0) is 9.53 Å². The molecule has 0 saturated carbocycles.